The largest absolute Gasteiger partial charge is 0.294 e. The van der Waals surface area contributed by atoms with Crippen molar-refractivity contribution in [1.82, 2.24) is 68.5 Å². The first-order valence-corrected chi connectivity index (χ1v) is 46.0. The van der Waals surface area contributed by atoms with E-state index in [4.69, 9.17) is 19.9 Å². The van der Waals surface area contributed by atoms with Crippen LogP contribution in [0, 0.1) is 0 Å². The van der Waals surface area contributed by atoms with Crippen LogP contribution in [0.2, 0.25) is 0 Å². The summed E-state index contributed by atoms with van der Waals surface area (Å²) >= 11 is 0. The van der Waals surface area contributed by atoms with Gasteiger partial charge in [-0.05, 0) is 87.5 Å². The van der Waals surface area contributed by atoms with Gasteiger partial charge in [-0.1, -0.05) is 418 Å². The summed E-state index contributed by atoms with van der Waals surface area (Å²) in [5.41, 5.74) is 20.2. The number of aromatic nitrogens is 14. The number of fused-ring (bicyclic) bond motifs is 9. The van der Waals surface area contributed by atoms with Gasteiger partial charge in [-0.15, -0.1) is 0 Å². The van der Waals surface area contributed by atoms with E-state index in [1.54, 1.807) is 0 Å². The minimum Gasteiger partial charge on any atom is -0.294 e. The monoisotopic (exact) mass is 1750 g/mol. The van der Waals surface area contributed by atoms with Gasteiger partial charge in [-0.3, -0.25) is 23.7 Å². The highest BCUT2D eigenvalue weighted by Crippen LogP contribution is 2.39. The van der Waals surface area contributed by atoms with Crippen LogP contribution in [-0.4, -0.2) is 68.5 Å². The molecule has 0 saturated carbocycles. The lowest BCUT2D eigenvalue weighted by atomic mass is 9.86. The van der Waals surface area contributed by atoms with Gasteiger partial charge in [0.15, 0.2) is 11.6 Å². The molecule has 668 valence electrons. The Morgan fingerprint density at radius 3 is 0.752 bits per heavy atom. The molecule has 0 radical (unpaired) electrons. The van der Waals surface area contributed by atoms with E-state index in [0.29, 0.717) is 0 Å². The average Bonchev–Trinajstić information content (AvgIpc) is 1.83. The Morgan fingerprint density at radius 2 is 0.459 bits per heavy atom. The molecule has 20 rings (SSSR count). The summed E-state index contributed by atoms with van der Waals surface area (Å²) < 4.78 is 6.69. The van der Waals surface area contributed by atoms with Crippen molar-refractivity contribution in [3.8, 4) is 74.1 Å². The number of hydrogen-bond acceptors (Lipinski definition) is 11. The molecule has 14 heteroatoms. The Labute approximate surface area is 784 Å². The molecule has 14 nitrogen and oxygen atoms in total. The second-order valence-corrected chi connectivity index (χ2v) is 41.0. The first-order valence-electron chi connectivity index (χ1n) is 46.0. The fourth-order valence-corrected chi connectivity index (χ4v) is 15.6. The van der Waals surface area contributed by atoms with Crippen LogP contribution in [-0.2, 0) is 37.9 Å². The molecule has 0 spiro atoms. The molecule has 0 unspecified atom stereocenters. The zero-order valence-corrected chi connectivity index (χ0v) is 80.8. The fraction of sp³-hybridized carbons (Fsp3) is 0.235. The standard InChI is InChI=1S/C32H26N4.C20H19N3.C20H20N2.C19H19N3.C15H17N.C13H21N/c1-32(2,3)31-33-29(35-25-16-8-4-12-21(25)22-13-5-9-17-26(22)35)20-30(34-31)36-27-18-10-6-14-23(27)24-15-7-11-19-28(24)36;1-20(2,3)14-12-21-19(22-13-14)23-17-10-6-4-8-15(17)16-9-5-7-11-18(16)23;1-20(2,3)19-21-17(15-10-6-4-7-11-15)14-18(22-19)16-12-8-5-9-13-16;1-19(2,3)18-21-16(14-10-6-4-7-11-14)20-17(22-18)15-12-8-5-9-13-15;1-15(2,3)13-9-10-14(16-11-13)12-7-5-4-6-8-12;1-12(2,3)10-7-8-11(14-9-10)13(4,5)6/h4-20H,1-3H3;4-13H,1-3H3;4-14H,1-3H3;4-13H,1-3H3;4-11H,1-3H3;7-9H,1-6H3. The lowest BCUT2D eigenvalue weighted by Crippen LogP contribution is -2.19. The lowest BCUT2D eigenvalue weighted by molar-refractivity contribution is 0.542. The molecule has 0 saturated heterocycles. The topological polar surface area (TPSA) is 157 Å². The molecule has 0 atom stereocenters. The van der Waals surface area contributed by atoms with Crippen LogP contribution in [0.25, 0.3) is 140 Å². The van der Waals surface area contributed by atoms with Gasteiger partial charge in [0, 0.05) is 118 Å². The lowest BCUT2D eigenvalue weighted by Gasteiger charge is -2.22. The second-order valence-electron chi connectivity index (χ2n) is 41.0. The van der Waals surface area contributed by atoms with Crippen LogP contribution in [0.4, 0.5) is 0 Å². The third kappa shape index (κ3) is 21.9. The minimum atomic E-state index is -0.220. The van der Waals surface area contributed by atoms with E-state index in [-0.39, 0.29) is 37.9 Å². The minimum absolute atomic E-state index is 0.0549. The van der Waals surface area contributed by atoms with Crippen molar-refractivity contribution in [3.63, 3.8) is 0 Å². The molecule has 0 amide bonds. The molecule has 0 N–H and O–H groups in total. The highest BCUT2D eigenvalue weighted by Gasteiger charge is 2.28. The van der Waals surface area contributed by atoms with Crippen LogP contribution in [0.3, 0.4) is 0 Å². The van der Waals surface area contributed by atoms with Crippen molar-refractivity contribution in [2.45, 2.75) is 183 Å². The molecule has 20 aromatic rings. The highest BCUT2D eigenvalue weighted by atomic mass is 15.2. The van der Waals surface area contributed by atoms with E-state index in [0.717, 1.165) is 130 Å². The van der Waals surface area contributed by atoms with E-state index >= 15 is 0 Å². The van der Waals surface area contributed by atoms with Gasteiger partial charge < -0.3 is 0 Å². The molecule has 0 aliphatic rings. The zero-order chi connectivity index (χ0) is 94.2. The number of rotatable bonds is 8. The number of para-hydroxylation sites is 6. The maximum absolute atomic E-state index is 5.16. The second kappa shape index (κ2) is 38.8. The molecular formula is C119H122N14. The van der Waals surface area contributed by atoms with Crippen molar-refractivity contribution < 1.29 is 0 Å². The van der Waals surface area contributed by atoms with Gasteiger partial charge in [-0.25, -0.2) is 44.9 Å². The molecule has 0 aliphatic heterocycles. The van der Waals surface area contributed by atoms with E-state index in [9.17, 15) is 0 Å². The Morgan fingerprint density at radius 1 is 0.188 bits per heavy atom. The van der Waals surface area contributed by atoms with Gasteiger partial charge in [-0.2, -0.15) is 0 Å². The van der Waals surface area contributed by atoms with Crippen molar-refractivity contribution in [2.75, 3.05) is 0 Å². The fourth-order valence-electron chi connectivity index (χ4n) is 15.6. The van der Waals surface area contributed by atoms with Crippen LogP contribution in [0.1, 0.15) is 185 Å². The van der Waals surface area contributed by atoms with Crippen LogP contribution in [0.5, 0.6) is 0 Å². The third-order valence-corrected chi connectivity index (χ3v) is 23.3. The SMILES string of the molecule is CC(C)(C)c1ccc(-c2ccccc2)nc1.CC(C)(C)c1ccc(C(C)(C)C)nc1.CC(C)(C)c1cnc(-n2c3ccccc3c3ccccc32)nc1.CC(C)(C)c1nc(-c2ccccc2)cc(-c2ccccc2)n1.CC(C)(C)c1nc(-c2ccccc2)nc(-c2ccccc2)n1.CC(C)(C)c1nc(-n2c3ccccc3c3ccccc32)cc(-n2c3ccccc3c3ccccc32)n1. The van der Waals surface area contributed by atoms with Gasteiger partial charge in [0.2, 0.25) is 5.95 Å². The molecule has 0 aliphatic carbocycles. The summed E-state index contributed by atoms with van der Waals surface area (Å²) in [6.07, 6.45) is 7.85. The Kier molecular flexibility index (Phi) is 27.2. The number of hydrogen-bond donors (Lipinski definition) is 0. The van der Waals surface area contributed by atoms with Gasteiger partial charge in [0.1, 0.15) is 29.1 Å². The van der Waals surface area contributed by atoms with Crippen molar-refractivity contribution >= 4 is 65.4 Å². The average molecular weight is 1750 g/mol. The predicted molar refractivity (Wildman–Crippen MR) is 555 cm³/mol. The Balaban J connectivity index is 0.000000125. The van der Waals surface area contributed by atoms with E-state index in [1.807, 2.05) is 140 Å². The number of pyridine rings is 2. The zero-order valence-electron chi connectivity index (χ0n) is 80.8. The summed E-state index contributed by atoms with van der Waals surface area (Å²) in [5, 5.41) is 7.35. The summed E-state index contributed by atoms with van der Waals surface area (Å²) in [5.74, 6) is 6.41. The Bertz CT molecular complexity index is 6760. The summed E-state index contributed by atoms with van der Waals surface area (Å²) in [6, 6.07) is 115. The number of nitrogens with zero attached hydrogens (tertiary/aromatic N) is 14. The van der Waals surface area contributed by atoms with Gasteiger partial charge in [0.05, 0.1) is 50.2 Å². The first kappa shape index (κ1) is 93.1. The Hall–Kier alpha value is -14.6. The molecule has 9 aromatic heterocycles. The normalized spacial score (nSPS) is 11.9. The molecule has 0 bridgehead atoms. The highest BCUT2D eigenvalue weighted by molar-refractivity contribution is 6.11. The maximum atomic E-state index is 5.16. The maximum Gasteiger partial charge on any atom is 0.234 e. The van der Waals surface area contributed by atoms with Crippen LogP contribution < -0.4 is 0 Å². The molecule has 11 aromatic carbocycles. The van der Waals surface area contributed by atoms with E-state index < -0.39 is 0 Å². The van der Waals surface area contributed by atoms with E-state index in [1.165, 1.54) is 49.0 Å². The van der Waals surface area contributed by atoms with Crippen LogP contribution >= 0.6 is 0 Å². The van der Waals surface area contributed by atoms with Crippen LogP contribution in [0.15, 0.2) is 358 Å². The van der Waals surface area contributed by atoms with Gasteiger partial charge in [0.25, 0.3) is 0 Å². The smallest absolute Gasteiger partial charge is 0.234 e. The van der Waals surface area contributed by atoms with Crippen molar-refractivity contribution in [3.05, 3.63) is 398 Å². The first-order chi connectivity index (χ1) is 63.4. The van der Waals surface area contributed by atoms with Crippen molar-refractivity contribution in [2.24, 2.45) is 0 Å². The van der Waals surface area contributed by atoms with E-state index in [2.05, 4.69) is 412 Å². The summed E-state index contributed by atoms with van der Waals surface area (Å²) in [6.45, 7) is 45.6. The van der Waals surface area contributed by atoms with Gasteiger partial charge >= 0.3 is 0 Å². The molecule has 0 fully saturated rings. The summed E-state index contributed by atoms with van der Waals surface area (Å²) in [7, 11) is 0. The summed E-state index contributed by atoms with van der Waals surface area (Å²) in [4.78, 5) is 52.2. The van der Waals surface area contributed by atoms with Crippen molar-refractivity contribution in [1.29, 1.82) is 0 Å². The molecule has 133 heavy (non-hydrogen) atoms. The molecular weight excluding hydrogens is 1630 g/mol. The molecule has 9 heterocycles. The predicted octanol–water partition coefficient (Wildman–Crippen LogP) is 30.2. The quantitative estimate of drug-likeness (QED) is 0.143. The third-order valence-electron chi connectivity index (χ3n) is 23.3. The number of benzene rings is 11.